The van der Waals surface area contributed by atoms with E-state index in [-0.39, 0.29) is 0 Å². The topological polar surface area (TPSA) is 16.4 Å². The van der Waals surface area contributed by atoms with Gasteiger partial charge < -0.3 is 9.32 Å². The molecule has 0 fully saturated rings. The van der Waals surface area contributed by atoms with Crippen molar-refractivity contribution >= 4 is 82.1 Å². The van der Waals surface area contributed by atoms with Crippen molar-refractivity contribution in [2.75, 3.05) is 4.90 Å². The summed E-state index contributed by atoms with van der Waals surface area (Å²) in [6.45, 7) is 0. The number of furan rings is 1. The Labute approximate surface area is 312 Å². The largest absolute Gasteiger partial charge is 0.453 e. The second kappa shape index (κ2) is 12.2. The van der Waals surface area contributed by atoms with Crippen molar-refractivity contribution in [2.24, 2.45) is 0 Å². The quantitative estimate of drug-likeness (QED) is 0.168. The molecule has 1 aromatic heterocycles. The monoisotopic (exact) mass is 687 g/mol. The molecule has 0 radical (unpaired) electrons. The summed E-state index contributed by atoms with van der Waals surface area (Å²) in [6.07, 6.45) is 0. The van der Waals surface area contributed by atoms with Crippen molar-refractivity contribution < 1.29 is 4.42 Å². The average molecular weight is 688 g/mol. The lowest BCUT2D eigenvalue weighted by molar-refractivity contribution is 0.673. The minimum Gasteiger partial charge on any atom is -0.453 e. The van der Waals surface area contributed by atoms with Crippen LogP contribution in [0.15, 0.2) is 205 Å². The van der Waals surface area contributed by atoms with Crippen LogP contribution in [0.3, 0.4) is 0 Å². The van der Waals surface area contributed by atoms with Gasteiger partial charge in [0.1, 0.15) is 5.58 Å². The van der Waals surface area contributed by atoms with Crippen molar-refractivity contribution in [3.63, 3.8) is 0 Å². The first kappa shape index (κ1) is 30.5. The highest BCUT2D eigenvalue weighted by atomic mass is 16.3. The van der Waals surface area contributed by atoms with Gasteiger partial charge in [-0.05, 0) is 102 Å². The zero-order chi connectivity index (χ0) is 35.6. The van der Waals surface area contributed by atoms with E-state index in [2.05, 4.69) is 205 Å². The zero-order valence-electron chi connectivity index (χ0n) is 29.4. The Morgan fingerprint density at radius 1 is 0.296 bits per heavy atom. The average Bonchev–Trinajstić information content (AvgIpc) is 3.64. The van der Waals surface area contributed by atoms with Crippen LogP contribution in [0, 0.1) is 0 Å². The number of nitrogens with zero attached hydrogens (tertiary/aromatic N) is 1. The Kier molecular flexibility index (Phi) is 6.90. The number of fused-ring (bicyclic) bond motifs is 10. The molecule has 11 aromatic rings. The molecule has 2 heteroatoms. The molecule has 2 nitrogen and oxygen atoms in total. The van der Waals surface area contributed by atoms with E-state index in [1.807, 2.05) is 0 Å². The third kappa shape index (κ3) is 4.88. The van der Waals surface area contributed by atoms with E-state index in [1.54, 1.807) is 0 Å². The van der Waals surface area contributed by atoms with E-state index in [4.69, 9.17) is 4.42 Å². The molecule has 54 heavy (non-hydrogen) atoms. The van der Waals surface area contributed by atoms with Gasteiger partial charge in [0.2, 0.25) is 0 Å². The van der Waals surface area contributed by atoms with Crippen molar-refractivity contribution in [1.29, 1.82) is 0 Å². The lowest BCUT2D eigenvalue weighted by Crippen LogP contribution is -2.10. The van der Waals surface area contributed by atoms with E-state index in [1.165, 1.54) is 60.0 Å². The van der Waals surface area contributed by atoms with Crippen LogP contribution in [0.1, 0.15) is 0 Å². The van der Waals surface area contributed by atoms with E-state index >= 15 is 0 Å². The number of hydrogen-bond donors (Lipinski definition) is 0. The zero-order valence-corrected chi connectivity index (χ0v) is 29.4. The summed E-state index contributed by atoms with van der Waals surface area (Å²) in [5.41, 5.74) is 9.65. The van der Waals surface area contributed by atoms with Crippen LogP contribution in [0.25, 0.3) is 87.3 Å². The maximum absolute atomic E-state index is 6.86. The summed E-state index contributed by atoms with van der Waals surface area (Å²) < 4.78 is 6.86. The van der Waals surface area contributed by atoms with Gasteiger partial charge in [-0.1, -0.05) is 158 Å². The van der Waals surface area contributed by atoms with Crippen LogP contribution >= 0.6 is 0 Å². The molecular weight excluding hydrogens is 655 g/mol. The highest BCUT2D eigenvalue weighted by Gasteiger charge is 2.20. The fourth-order valence-corrected chi connectivity index (χ4v) is 8.37. The SMILES string of the molecule is c1ccc(-c2ccc(N(c3ccc(-c4ccc5c(ccc6ccc7ccccc7c65)c4)cc3)c3cccc4c3oc3c5ccccc5ccc43)cc2)cc1. The molecule has 1 heterocycles. The number of para-hydroxylation sites is 1. The summed E-state index contributed by atoms with van der Waals surface area (Å²) in [5.74, 6) is 0. The smallest absolute Gasteiger partial charge is 0.159 e. The molecule has 0 aliphatic carbocycles. The van der Waals surface area contributed by atoms with Crippen molar-refractivity contribution in [3.05, 3.63) is 200 Å². The molecule has 0 amide bonds. The van der Waals surface area contributed by atoms with Gasteiger partial charge in [0.05, 0.1) is 5.69 Å². The molecule has 10 aromatic carbocycles. The summed E-state index contributed by atoms with van der Waals surface area (Å²) in [5, 5.41) is 12.2. The van der Waals surface area contributed by atoms with Crippen LogP contribution in [0.4, 0.5) is 17.1 Å². The highest BCUT2D eigenvalue weighted by Crippen LogP contribution is 2.44. The van der Waals surface area contributed by atoms with Gasteiger partial charge in [0.25, 0.3) is 0 Å². The standard InChI is InChI=1S/C52H33NO/c1-2-9-34(10-3-1)35-21-27-42(28-22-35)53(49-16-8-15-47-48-32-25-38-12-5-7-14-46(38)51(48)54-52(47)49)43-29-23-36(24-30-43)40-26-31-45-41(33-40)20-19-39-18-17-37-11-4-6-13-44(37)50(39)45/h1-33H. The van der Waals surface area contributed by atoms with Crippen molar-refractivity contribution in [1.82, 2.24) is 0 Å². The Hall–Kier alpha value is -7.16. The minimum atomic E-state index is 0.870. The predicted molar refractivity (Wildman–Crippen MR) is 229 cm³/mol. The summed E-state index contributed by atoms with van der Waals surface area (Å²) in [7, 11) is 0. The number of hydrogen-bond acceptors (Lipinski definition) is 2. The van der Waals surface area contributed by atoms with Gasteiger partial charge in [0.15, 0.2) is 5.58 Å². The normalized spacial score (nSPS) is 11.7. The second-order valence-corrected chi connectivity index (χ2v) is 14.1. The molecule has 0 aliphatic heterocycles. The van der Waals surface area contributed by atoms with Gasteiger partial charge in [-0.25, -0.2) is 0 Å². The summed E-state index contributed by atoms with van der Waals surface area (Å²) in [6, 6.07) is 72.2. The van der Waals surface area contributed by atoms with Crippen LogP contribution < -0.4 is 4.90 Å². The summed E-state index contributed by atoms with van der Waals surface area (Å²) in [4.78, 5) is 2.32. The van der Waals surface area contributed by atoms with Gasteiger partial charge in [-0.15, -0.1) is 0 Å². The van der Waals surface area contributed by atoms with Crippen molar-refractivity contribution in [3.8, 4) is 22.3 Å². The Bertz CT molecular complexity index is 3190. The van der Waals surface area contributed by atoms with E-state index in [0.29, 0.717) is 0 Å². The van der Waals surface area contributed by atoms with Crippen LogP contribution in [-0.4, -0.2) is 0 Å². The molecule has 0 bridgehead atoms. The molecule has 0 saturated heterocycles. The molecule has 0 atom stereocenters. The molecule has 0 aliphatic rings. The molecule has 0 saturated carbocycles. The Morgan fingerprint density at radius 3 is 1.56 bits per heavy atom. The molecule has 0 spiro atoms. The molecule has 0 unspecified atom stereocenters. The summed E-state index contributed by atoms with van der Waals surface area (Å²) >= 11 is 0. The number of rotatable bonds is 5. The van der Waals surface area contributed by atoms with Crippen LogP contribution in [0.2, 0.25) is 0 Å². The maximum Gasteiger partial charge on any atom is 0.159 e. The fraction of sp³-hybridized carbons (Fsp3) is 0. The fourth-order valence-electron chi connectivity index (χ4n) is 8.37. The van der Waals surface area contributed by atoms with Gasteiger partial charge in [0, 0.05) is 27.5 Å². The Morgan fingerprint density at radius 2 is 0.796 bits per heavy atom. The van der Waals surface area contributed by atoms with E-state index in [9.17, 15) is 0 Å². The molecular formula is C52H33NO. The number of anilines is 3. The third-order valence-corrected chi connectivity index (χ3v) is 11.0. The number of benzene rings is 10. The lowest BCUT2D eigenvalue weighted by Gasteiger charge is -2.26. The molecule has 11 rings (SSSR count). The van der Waals surface area contributed by atoms with E-state index in [0.717, 1.165) is 44.4 Å². The van der Waals surface area contributed by atoms with Crippen LogP contribution in [0.5, 0.6) is 0 Å². The van der Waals surface area contributed by atoms with Crippen LogP contribution in [-0.2, 0) is 0 Å². The Balaban J connectivity index is 1.05. The maximum atomic E-state index is 6.86. The van der Waals surface area contributed by atoms with Gasteiger partial charge >= 0.3 is 0 Å². The predicted octanol–water partition coefficient (Wildman–Crippen LogP) is 15.0. The molecule has 252 valence electrons. The first-order chi connectivity index (χ1) is 26.8. The lowest BCUT2D eigenvalue weighted by atomic mass is 9.94. The minimum absolute atomic E-state index is 0.870. The first-order valence-electron chi connectivity index (χ1n) is 18.5. The molecule has 0 N–H and O–H groups in total. The third-order valence-electron chi connectivity index (χ3n) is 11.0. The first-order valence-corrected chi connectivity index (χ1v) is 18.5. The van der Waals surface area contributed by atoms with Gasteiger partial charge in [-0.2, -0.15) is 0 Å². The highest BCUT2D eigenvalue weighted by molar-refractivity contribution is 6.21. The van der Waals surface area contributed by atoms with E-state index < -0.39 is 0 Å². The second-order valence-electron chi connectivity index (χ2n) is 14.1. The van der Waals surface area contributed by atoms with Crippen molar-refractivity contribution in [2.45, 2.75) is 0 Å². The van der Waals surface area contributed by atoms with Gasteiger partial charge in [-0.3, -0.25) is 0 Å².